The molecule has 21 heavy (non-hydrogen) atoms. The molecule has 0 bridgehead atoms. The maximum Gasteiger partial charge on any atom is 0.408 e. The van der Waals surface area contributed by atoms with Crippen molar-refractivity contribution in [1.29, 1.82) is 0 Å². The molecule has 0 heterocycles. The summed E-state index contributed by atoms with van der Waals surface area (Å²) >= 11 is 3.75. The van der Waals surface area contributed by atoms with Crippen molar-refractivity contribution in [3.8, 4) is 0 Å². The molecule has 0 aliphatic carbocycles. The molecular weight excluding hydrogens is 290 g/mol. The Morgan fingerprint density at radius 2 is 1.86 bits per heavy atom. The Balaban J connectivity index is 2.43. The van der Waals surface area contributed by atoms with Crippen molar-refractivity contribution < 1.29 is 19.1 Å². The molecule has 1 atom stereocenters. The Bertz CT molecular complexity index is 470. The number of benzene rings is 1. The lowest BCUT2D eigenvalue weighted by atomic mass is 10.2. The van der Waals surface area contributed by atoms with Crippen LogP contribution < -0.4 is 5.32 Å². The molecule has 0 radical (unpaired) electrons. The summed E-state index contributed by atoms with van der Waals surface area (Å²) in [6, 6.07) is 8.70. The van der Waals surface area contributed by atoms with Gasteiger partial charge in [0.15, 0.2) is 0 Å². The molecular formula is C15H21NO4S. The molecule has 0 aliphatic heterocycles. The average molecular weight is 311 g/mol. The Labute approximate surface area is 130 Å². The molecule has 1 amide bonds. The molecule has 0 spiro atoms. The number of alkyl carbamates (subject to hydrolysis) is 1. The molecule has 0 saturated carbocycles. The molecule has 1 aromatic rings. The minimum Gasteiger partial charge on any atom is -0.444 e. The number of rotatable bonds is 6. The highest BCUT2D eigenvalue weighted by Crippen LogP contribution is 2.07. The van der Waals surface area contributed by atoms with Crippen molar-refractivity contribution in [3.63, 3.8) is 0 Å². The summed E-state index contributed by atoms with van der Waals surface area (Å²) < 4.78 is 10.5. The number of carbonyl (C=O) groups is 2. The van der Waals surface area contributed by atoms with E-state index in [4.69, 9.17) is 9.47 Å². The zero-order valence-electron chi connectivity index (χ0n) is 12.5. The third-order valence-electron chi connectivity index (χ3n) is 2.39. The van der Waals surface area contributed by atoms with Crippen molar-refractivity contribution in [2.75, 3.05) is 6.61 Å². The molecule has 1 rings (SSSR count). The molecule has 0 aliphatic rings. The molecule has 5 nitrogen and oxygen atoms in total. The van der Waals surface area contributed by atoms with Crippen LogP contribution in [0.15, 0.2) is 30.3 Å². The monoisotopic (exact) mass is 311 g/mol. The van der Waals surface area contributed by atoms with Gasteiger partial charge in [0.2, 0.25) is 5.12 Å². The molecule has 0 fully saturated rings. The van der Waals surface area contributed by atoms with Crippen LogP contribution in [0.3, 0.4) is 0 Å². The summed E-state index contributed by atoms with van der Waals surface area (Å²) in [4.78, 5) is 23.0. The molecule has 1 unspecified atom stereocenters. The molecule has 1 N–H and O–H groups in total. The van der Waals surface area contributed by atoms with Gasteiger partial charge in [-0.15, -0.1) is 12.6 Å². The van der Waals surface area contributed by atoms with Gasteiger partial charge in [-0.3, -0.25) is 4.79 Å². The molecule has 116 valence electrons. The van der Waals surface area contributed by atoms with Crippen LogP contribution >= 0.6 is 12.6 Å². The zero-order valence-corrected chi connectivity index (χ0v) is 13.4. The van der Waals surface area contributed by atoms with E-state index in [1.54, 1.807) is 20.8 Å². The Kier molecular flexibility index (Phi) is 6.71. The number of hydrogen-bond donors (Lipinski definition) is 2. The SMILES string of the molecule is CC(C)(C)OC(=O)NC(COCc1ccccc1)C(=O)S. The van der Waals surface area contributed by atoms with Crippen molar-refractivity contribution in [3.05, 3.63) is 35.9 Å². The fourth-order valence-corrected chi connectivity index (χ4v) is 1.63. The second-order valence-corrected chi connectivity index (χ2v) is 5.98. The van der Waals surface area contributed by atoms with Gasteiger partial charge in [-0.25, -0.2) is 4.79 Å². The Morgan fingerprint density at radius 3 is 2.38 bits per heavy atom. The van der Waals surface area contributed by atoms with Gasteiger partial charge >= 0.3 is 6.09 Å². The van der Waals surface area contributed by atoms with E-state index in [0.29, 0.717) is 6.61 Å². The highest BCUT2D eigenvalue weighted by molar-refractivity contribution is 7.96. The third kappa shape index (κ3) is 7.72. The maximum absolute atomic E-state index is 11.6. The fraction of sp³-hybridized carbons (Fsp3) is 0.467. The van der Waals surface area contributed by atoms with Gasteiger partial charge in [0, 0.05) is 0 Å². The first-order valence-corrected chi connectivity index (χ1v) is 7.06. The van der Waals surface area contributed by atoms with Crippen LogP contribution in [0.4, 0.5) is 4.79 Å². The third-order valence-corrected chi connectivity index (χ3v) is 2.70. The quantitative estimate of drug-likeness (QED) is 0.793. The second-order valence-electron chi connectivity index (χ2n) is 5.54. The number of thiol groups is 1. The highest BCUT2D eigenvalue weighted by atomic mass is 32.1. The lowest BCUT2D eigenvalue weighted by molar-refractivity contribution is -0.114. The van der Waals surface area contributed by atoms with Gasteiger partial charge in [0.05, 0.1) is 13.2 Å². The number of hydrogen-bond acceptors (Lipinski definition) is 4. The summed E-state index contributed by atoms with van der Waals surface area (Å²) in [6.45, 7) is 5.63. The Morgan fingerprint density at radius 1 is 1.24 bits per heavy atom. The zero-order chi connectivity index (χ0) is 15.9. The maximum atomic E-state index is 11.6. The van der Waals surface area contributed by atoms with E-state index < -0.39 is 22.9 Å². The molecule has 0 aromatic heterocycles. The molecule has 6 heteroatoms. The molecule has 1 aromatic carbocycles. The van der Waals surface area contributed by atoms with E-state index in [1.807, 2.05) is 30.3 Å². The van der Waals surface area contributed by atoms with Gasteiger partial charge in [0.1, 0.15) is 11.6 Å². The van der Waals surface area contributed by atoms with Crippen LogP contribution in [0.2, 0.25) is 0 Å². The van der Waals surface area contributed by atoms with E-state index in [0.717, 1.165) is 5.56 Å². The second kappa shape index (κ2) is 8.05. The fourth-order valence-electron chi connectivity index (χ4n) is 1.49. The number of ether oxygens (including phenoxy) is 2. The summed E-state index contributed by atoms with van der Waals surface area (Å²) in [5.74, 6) is 0. The van der Waals surface area contributed by atoms with Crippen molar-refractivity contribution in [2.24, 2.45) is 0 Å². The predicted octanol–water partition coefficient (Wildman–Crippen LogP) is 2.55. The minimum absolute atomic E-state index is 0.0382. The lowest BCUT2D eigenvalue weighted by Gasteiger charge is -2.22. The van der Waals surface area contributed by atoms with Crippen LogP contribution in [0.25, 0.3) is 0 Å². The van der Waals surface area contributed by atoms with Crippen LogP contribution in [0.1, 0.15) is 26.3 Å². The van der Waals surface area contributed by atoms with E-state index in [1.165, 1.54) is 0 Å². The first-order chi connectivity index (χ1) is 9.78. The summed E-state index contributed by atoms with van der Waals surface area (Å²) in [5, 5.41) is 1.97. The van der Waals surface area contributed by atoms with Gasteiger partial charge in [-0.2, -0.15) is 0 Å². The van der Waals surface area contributed by atoms with E-state index in [-0.39, 0.29) is 6.61 Å². The topological polar surface area (TPSA) is 64.6 Å². The number of amides is 1. The van der Waals surface area contributed by atoms with Crippen LogP contribution in [0.5, 0.6) is 0 Å². The average Bonchev–Trinajstić information content (AvgIpc) is 2.36. The summed E-state index contributed by atoms with van der Waals surface area (Å²) in [6.07, 6.45) is -0.668. The van der Waals surface area contributed by atoms with E-state index >= 15 is 0 Å². The highest BCUT2D eigenvalue weighted by Gasteiger charge is 2.22. The normalized spacial score (nSPS) is 12.6. The summed E-state index contributed by atoms with van der Waals surface area (Å²) in [5.41, 5.74) is 0.360. The van der Waals surface area contributed by atoms with E-state index in [9.17, 15) is 9.59 Å². The Hall–Kier alpha value is -1.53. The minimum atomic E-state index is -0.841. The lowest BCUT2D eigenvalue weighted by Crippen LogP contribution is -2.44. The first-order valence-electron chi connectivity index (χ1n) is 6.62. The van der Waals surface area contributed by atoms with Gasteiger partial charge in [0.25, 0.3) is 0 Å². The summed E-state index contributed by atoms with van der Waals surface area (Å²) in [7, 11) is 0. The molecule has 0 saturated heterocycles. The van der Waals surface area contributed by atoms with Crippen LogP contribution in [0, 0.1) is 0 Å². The predicted molar refractivity (Wildman–Crippen MR) is 83.2 cm³/mol. The van der Waals surface area contributed by atoms with Crippen molar-refractivity contribution in [2.45, 2.75) is 39.0 Å². The number of nitrogens with one attached hydrogen (secondary N) is 1. The number of carbonyl (C=O) groups excluding carboxylic acids is 2. The van der Waals surface area contributed by atoms with Crippen molar-refractivity contribution >= 4 is 23.8 Å². The largest absolute Gasteiger partial charge is 0.444 e. The van der Waals surface area contributed by atoms with Gasteiger partial charge in [-0.1, -0.05) is 30.3 Å². The van der Waals surface area contributed by atoms with Crippen LogP contribution in [-0.4, -0.2) is 29.5 Å². The van der Waals surface area contributed by atoms with Gasteiger partial charge in [-0.05, 0) is 26.3 Å². The van der Waals surface area contributed by atoms with Crippen molar-refractivity contribution in [1.82, 2.24) is 5.32 Å². The van der Waals surface area contributed by atoms with Gasteiger partial charge < -0.3 is 14.8 Å². The van der Waals surface area contributed by atoms with Crippen LogP contribution in [-0.2, 0) is 20.9 Å². The first kappa shape index (κ1) is 17.5. The van der Waals surface area contributed by atoms with E-state index in [2.05, 4.69) is 17.9 Å². The smallest absolute Gasteiger partial charge is 0.408 e. The standard InChI is InChI=1S/C15H21NO4S/c1-15(2,3)20-14(18)16-12(13(17)21)10-19-9-11-7-5-4-6-8-11/h4-8,12H,9-10H2,1-3H3,(H,16,18)(H,17,21).